The van der Waals surface area contributed by atoms with Crippen LogP contribution >= 0.6 is 0 Å². The van der Waals surface area contributed by atoms with Crippen molar-refractivity contribution in [2.45, 2.75) is 163 Å². The van der Waals surface area contributed by atoms with Crippen LogP contribution in [-0.4, -0.2) is 68.2 Å². The van der Waals surface area contributed by atoms with Gasteiger partial charge in [-0.3, -0.25) is 0 Å². The lowest BCUT2D eigenvalue weighted by Gasteiger charge is -2.28. The number of hydrogen-bond acceptors (Lipinski definition) is 9. The van der Waals surface area contributed by atoms with E-state index in [-0.39, 0.29) is 57.5 Å². The molecular formula is C69H88O9. The molecule has 0 spiro atoms. The first-order valence-corrected chi connectivity index (χ1v) is 28.2. The smallest absolute Gasteiger partial charge is 0.126 e. The van der Waals surface area contributed by atoms with Gasteiger partial charge in [-0.25, -0.2) is 0 Å². The van der Waals surface area contributed by atoms with Gasteiger partial charge >= 0.3 is 0 Å². The molecule has 0 radical (unpaired) electrons. The van der Waals surface area contributed by atoms with E-state index in [1.165, 1.54) is 0 Å². The third kappa shape index (κ3) is 14.0. The highest BCUT2D eigenvalue weighted by Crippen LogP contribution is 2.45. The lowest BCUT2D eigenvalue weighted by Crippen LogP contribution is -2.18. The SMILES string of the molecule is CC(C)(C)c1cc2c(O)c(c1)Cc1cc(C(C)(C)C)cc3c1OCCOCCOc1cccc(c1)OCCOCCOc1c(cc(C(C)(C)C)cc1Cc1cc(C(C)(C)C)cc(c1O)C3)Cc1cc(C(C)(C)C)cc(c1O)C2. The van der Waals surface area contributed by atoms with E-state index in [0.29, 0.717) is 94.7 Å². The Morgan fingerprint density at radius 2 is 0.500 bits per heavy atom. The van der Waals surface area contributed by atoms with Gasteiger partial charge in [0.1, 0.15) is 66.7 Å². The lowest BCUT2D eigenvalue weighted by atomic mass is 9.79. The van der Waals surface area contributed by atoms with Crippen molar-refractivity contribution in [1.29, 1.82) is 0 Å². The highest BCUT2D eigenvalue weighted by atomic mass is 16.6. The number of phenols is 3. The van der Waals surface area contributed by atoms with Crippen LogP contribution < -0.4 is 18.9 Å². The second-order valence-corrected chi connectivity index (χ2v) is 26.9. The molecule has 9 heteroatoms. The molecule has 0 atom stereocenters. The number of fused-ring (bicyclic) bond motifs is 6. The topological polar surface area (TPSA) is 116 Å². The molecule has 6 aromatic rings. The molecule has 0 saturated heterocycles. The van der Waals surface area contributed by atoms with E-state index in [0.717, 1.165) is 83.5 Å². The second kappa shape index (κ2) is 22.9. The van der Waals surface area contributed by atoms with Crippen LogP contribution in [0.4, 0.5) is 0 Å². The van der Waals surface area contributed by atoms with Crippen molar-refractivity contribution in [2.75, 3.05) is 52.9 Å². The van der Waals surface area contributed by atoms with Crippen LogP contribution in [0.2, 0.25) is 0 Å². The molecule has 0 aromatic heterocycles. The molecule has 78 heavy (non-hydrogen) atoms. The molecule has 6 aromatic carbocycles. The van der Waals surface area contributed by atoms with E-state index >= 15 is 0 Å². The summed E-state index contributed by atoms with van der Waals surface area (Å²) in [5, 5.41) is 38.5. The third-order valence-corrected chi connectivity index (χ3v) is 15.3. The van der Waals surface area contributed by atoms with E-state index in [1.54, 1.807) is 0 Å². The van der Waals surface area contributed by atoms with E-state index in [9.17, 15) is 15.3 Å². The molecule has 0 amide bonds. The number of phenolic OH excluding ortho intramolecular Hbond substituents is 3. The van der Waals surface area contributed by atoms with Gasteiger partial charge in [0.2, 0.25) is 0 Å². The molecule has 0 fully saturated rings. The van der Waals surface area contributed by atoms with E-state index in [4.69, 9.17) is 28.4 Å². The molecule has 418 valence electrons. The minimum absolute atomic E-state index is 0.189. The molecule has 1 aliphatic carbocycles. The minimum atomic E-state index is -0.275. The van der Waals surface area contributed by atoms with Crippen molar-refractivity contribution in [3.63, 3.8) is 0 Å². The predicted octanol–water partition coefficient (Wildman–Crippen LogP) is 14.8. The fourth-order valence-corrected chi connectivity index (χ4v) is 10.4. The number of benzene rings is 6. The molecule has 1 aliphatic heterocycles. The summed E-state index contributed by atoms with van der Waals surface area (Å²) < 4.78 is 38.5. The summed E-state index contributed by atoms with van der Waals surface area (Å²) in [6, 6.07) is 29.4. The largest absolute Gasteiger partial charge is 0.507 e. The molecule has 0 unspecified atom stereocenters. The van der Waals surface area contributed by atoms with Crippen LogP contribution in [0.5, 0.6) is 40.2 Å². The average molecular weight is 1060 g/mol. The molecule has 1 heterocycles. The normalized spacial score (nSPS) is 15.7. The van der Waals surface area contributed by atoms with Crippen LogP contribution in [0.25, 0.3) is 0 Å². The Balaban J connectivity index is 1.44. The summed E-state index contributed by atoms with van der Waals surface area (Å²) in [5.41, 5.74) is 12.4. The second-order valence-electron chi connectivity index (χ2n) is 26.9. The summed E-state index contributed by atoms with van der Waals surface area (Å²) in [4.78, 5) is 0. The maximum atomic E-state index is 12.9. The van der Waals surface area contributed by atoms with Crippen LogP contribution in [-0.2, 0) is 68.7 Å². The molecule has 0 saturated carbocycles. The summed E-state index contributed by atoms with van der Waals surface area (Å²) in [7, 11) is 0. The summed E-state index contributed by atoms with van der Waals surface area (Å²) in [6.07, 6.45) is 1.79. The summed E-state index contributed by atoms with van der Waals surface area (Å²) in [5.74, 6) is 3.35. The zero-order chi connectivity index (χ0) is 56.5. The van der Waals surface area contributed by atoms with E-state index in [2.05, 4.69) is 165 Å². The van der Waals surface area contributed by atoms with Gasteiger partial charge in [0, 0.05) is 38.2 Å². The van der Waals surface area contributed by atoms with Crippen molar-refractivity contribution >= 4 is 0 Å². The molecule has 8 rings (SSSR count). The molecule has 9 nitrogen and oxygen atoms in total. The Labute approximate surface area is 466 Å². The van der Waals surface area contributed by atoms with Crippen molar-refractivity contribution in [2.24, 2.45) is 0 Å². The van der Waals surface area contributed by atoms with Gasteiger partial charge in [0.05, 0.1) is 26.4 Å². The fraction of sp³-hybridized carbons (Fsp3) is 0.478. The summed E-state index contributed by atoms with van der Waals surface area (Å²) >= 11 is 0. The zero-order valence-electron chi connectivity index (χ0n) is 49.6. The number of ether oxygens (including phenoxy) is 6. The van der Waals surface area contributed by atoms with E-state index < -0.39 is 0 Å². The van der Waals surface area contributed by atoms with Gasteiger partial charge in [0.25, 0.3) is 0 Å². The maximum absolute atomic E-state index is 12.9. The van der Waals surface area contributed by atoms with Gasteiger partial charge in [-0.2, -0.15) is 0 Å². The lowest BCUT2D eigenvalue weighted by molar-refractivity contribution is 0.0743. The van der Waals surface area contributed by atoms with Crippen molar-refractivity contribution in [3.05, 3.63) is 168 Å². The Bertz CT molecular complexity index is 2920. The third-order valence-electron chi connectivity index (χ3n) is 15.3. The number of aromatic hydroxyl groups is 3. The van der Waals surface area contributed by atoms with Gasteiger partial charge in [-0.05, 0) is 123 Å². The van der Waals surface area contributed by atoms with Gasteiger partial charge in [-0.15, -0.1) is 0 Å². The Morgan fingerprint density at radius 1 is 0.282 bits per heavy atom. The Kier molecular flexibility index (Phi) is 17.0. The van der Waals surface area contributed by atoms with Crippen LogP contribution in [0.15, 0.2) is 84.9 Å². The van der Waals surface area contributed by atoms with Crippen molar-refractivity contribution < 1.29 is 43.7 Å². The van der Waals surface area contributed by atoms with E-state index in [1.807, 2.05) is 24.3 Å². The van der Waals surface area contributed by atoms with Gasteiger partial charge < -0.3 is 43.7 Å². The van der Waals surface area contributed by atoms with Crippen LogP contribution in [0.1, 0.15) is 187 Å². The first kappa shape index (κ1) is 58.0. The van der Waals surface area contributed by atoms with Gasteiger partial charge in [0.15, 0.2) is 0 Å². The van der Waals surface area contributed by atoms with Crippen molar-refractivity contribution in [3.8, 4) is 40.2 Å². The number of rotatable bonds is 0. The monoisotopic (exact) mass is 1060 g/mol. The Hall–Kier alpha value is -6.16. The molecule has 2 aliphatic rings. The standard InChI is InChI=1S/C69H88O9/c1-65(2,3)53-32-43-27-44-33-54(66(4,5)6)35-46(61(44)71)29-50-39-57(69(13,14)15)41-52-31-48-37-55(67(7,8)9)36-47(62(48)72)30-51-40-56(68(10,11)12)38-49(28-45(34-53)60(43)70)63(51)77-25-21-73-19-23-75-58-17-16-18-59(42-58)76-24-20-74-22-26-78-64(50)52/h16-18,32-42,70-72H,19-31H2,1-15H3. The highest BCUT2D eigenvalue weighted by Gasteiger charge is 2.29. The van der Waals surface area contributed by atoms with Crippen LogP contribution in [0.3, 0.4) is 0 Å². The quantitative estimate of drug-likeness (QED) is 0.137. The minimum Gasteiger partial charge on any atom is -0.507 e. The first-order valence-electron chi connectivity index (χ1n) is 28.2. The van der Waals surface area contributed by atoms with Gasteiger partial charge in [-0.1, -0.05) is 171 Å². The molecular weight excluding hydrogens is 973 g/mol. The maximum Gasteiger partial charge on any atom is 0.126 e. The Morgan fingerprint density at radius 3 is 0.744 bits per heavy atom. The molecule has 14 bridgehead atoms. The fourth-order valence-electron chi connectivity index (χ4n) is 10.4. The number of hydrogen-bond donors (Lipinski definition) is 3. The van der Waals surface area contributed by atoms with Crippen molar-refractivity contribution in [1.82, 2.24) is 0 Å². The average Bonchev–Trinajstić information content (AvgIpc) is 3.34. The van der Waals surface area contributed by atoms with Crippen LogP contribution in [0, 0.1) is 0 Å². The summed E-state index contributed by atoms with van der Waals surface area (Å²) in [6.45, 7) is 35.6. The predicted molar refractivity (Wildman–Crippen MR) is 315 cm³/mol. The zero-order valence-corrected chi connectivity index (χ0v) is 49.6. The highest BCUT2D eigenvalue weighted by molar-refractivity contribution is 5.60. The molecule has 3 N–H and O–H groups in total. The first-order chi connectivity index (χ1) is 36.5.